The predicted molar refractivity (Wildman–Crippen MR) is 106 cm³/mol. The van der Waals surface area contributed by atoms with Gasteiger partial charge in [0.2, 0.25) is 0 Å². The van der Waals surface area contributed by atoms with E-state index in [0.717, 1.165) is 79.3 Å². The molecule has 2 aliphatic rings. The van der Waals surface area contributed by atoms with Crippen LogP contribution >= 0.6 is 0 Å². The number of aliphatic hydroxyl groups is 1. The molecule has 0 amide bonds. The first-order chi connectivity index (χ1) is 13.8. The smallest absolute Gasteiger partial charge is 0.158 e. The van der Waals surface area contributed by atoms with Gasteiger partial charge in [0.05, 0.1) is 25.5 Å². The van der Waals surface area contributed by atoms with E-state index in [0.29, 0.717) is 5.92 Å². The molecule has 3 aromatic rings. The Kier molecular flexibility index (Phi) is 4.72. The highest BCUT2D eigenvalue weighted by Gasteiger charge is 2.31. The van der Waals surface area contributed by atoms with Gasteiger partial charge < -0.3 is 14.7 Å². The van der Waals surface area contributed by atoms with Gasteiger partial charge in [0.25, 0.3) is 0 Å². The molecular weight excluding hydrogens is 356 g/mol. The molecule has 146 valence electrons. The molecule has 28 heavy (non-hydrogen) atoms. The molecule has 1 N–H and O–H groups in total. The van der Waals surface area contributed by atoms with Gasteiger partial charge in [-0.2, -0.15) is 0 Å². The summed E-state index contributed by atoms with van der Waals surface area (Å²) in [5, 5.41) is 17.7. The third-order valence-electron chi connectivity index (χ3n) is 5.70. The fourth-order valence-electron chi connectivity index (χ4n) is 4.16. The maximum Gasteiger partial charge on any atom is 0.158 e. The SMILES string of the molecule is OCc1cccc(-c2cc(N3CC(CN4CCOCC4)C3)c3nonc3c2)c1. The van der Waals surface area contributed by atoms with E-state index in [-0.39, 0.29) is 6.61 Å². The first kappa shape index (κ1) is 17.6. The lowest BCUT2D eigenvalue weighted by Crippen LogP contribution is -2.53. The van der Waals surface area contributed by atoms with Crippen LogP contribution in [0.15, 0.2) is 41.0 Å². The first-order valence-corrected chi connectivity index (χ1v) is 9.82. The molecule has 3 heterocycles. The summed E-state index contributed by atoms with van der Waals surface area (Å²) >= 11 is 0. The fraction of sp³-hybridized carbons (Fsp3) is 0.429. The molecule has 0 unspecified atom stereocenters. The van der Waals surface area contributed by atoms with Gasteiger partial charge in [-0.3, -0.25) is 4.90 Å². The van der Waals surface area contributed by atoms with Crippen LogP contribution in [0.1, 0.15) is 5.56 Å². The van der Waals surface area contributed by atoms with Crippen LogP contribution in [-0.2, 0) is 11.3 Å². The van der Waals surface area contributed by atoms with Crippen LogP contribution in [0, 0.1) is 5.92 Å². The monoisotopic (exact) mass is 380 g/mol. The van der Waals surface area contributed by atoms with E-state index < -0.39 is 0 Å². The van der Waals surface area contributed by atoms with E-state index in [9.17, 15) is 5.11 Å². The molecule has 1 aromatic heterocycles. The molecule has 2 fully saturated rings. The maximum absolute atomic E-state index is 9.44. The molecule has 0 atom stereocenters. The lowest BCUT2D eigenvalue weighted by Gasteiger charge is -2.43. The molecule has 0 bridgehead atoms. The average Bonchev–Trinajstić information content (AvgIpc) is 3.19. The summed E-state index contributed by atoms with van der Waals surface area (Å²) in [6, 6.07) is 12.1. The zero-order valence-corrected chi connectivity index (χ0v) is 15.8. The van der Waals surface area contributed by atoms with E-state index in [4.69, 9.17) is 9.37 Å². The molecule has 0 saturated carbocycles. The summed E-state index contributed by atoms with van der Waals surface area (Å²) in [5.41, 5.74) is 5.66. The molecule has 2 saturated heterocycles. The van der Waals surface area contributed by atoms with Crippen molar-refractivity contribution in [2.75, 3.05) is 50.8 Å². The zero-order chi connectivity index (χ0) is 18.9. The third-order valence-corrected chi connectivity index (χ3v) is 5.70. The summed E-state index contributed by atoms with van der Waals surface area (Å²) in [6.07, 6.45) is 0. The van der Waals surface area contributed by atoms with Gasteiger partial charge in [-0.05, 0) is 45.2 Å². The van der Waals surface area contributed by atoms with Gasteiger partial charge in [-0.25, -0.2) is 4.63 Å². The van der Waals surface area contributed by atoms with Crippen LogP contribution in [0.25, 0.3) is 22.2 Å². The molecule has 0 aliphatic carbocycles. The van der Waals surface area contributed by atoms with Crippen molar-refractivity contribution in [3.8, 4) is 11.1 Å². The quantitative estimate of drug-likeness (QED) is 0.727. The molecule has 5 rings (SSSR count). The van der Waals surface area contributed by atoms with Crippen molar-refractivity contribution in [3.63, 3.8) is 0 Å². The molecule has 7 heteroatoms. The van der Waals surface area contributed by atoms with Gasteiger partial charge in [0.1, 0.15) is 5.52 Å². The summed E-state index contributed by atoms with van der Waals surface area (Å²) in [5.74, 6) is 0.661. The average molecular weight is 380 g/mol. The molecular formula is C21H24N4O3. The van der Waals surface area contributed by atoms with Crippen molar-refractivity contribution in [2.45, 2.75) is 6.61 Å². The van der Waals surface area contributed by atoms with Crippen molar-refractivity contribution in [1.82, 2.24) is 15.2 Å². The number of morpholine rings is 1. The number of fused-ring (bicyclic) bond motifs is 1. The Morgan fingerprint density at radius 1 is 1.04 bits per heavy atom. The van der Waals surface area contributed by atoms with Gasteiger partial charge in [-0.1, -0.05) is 18.2 Å². The number of aliphatic hydroxyl groups excluding tert-OH is 1. The number of aromatic nitrogens is 2. The van der Waals surface area contributed by atoms with E-state index in [1.807, 2.05) is 24.3 Å². The predicted octanol–water partition coefficient (Wildman–Crippen LogP) is 2.15. The van der Waals surface area contributed by atoms with Gasteiger partial charge >= 0.3 is 0 Å². The van der Waals surface area contributed by atoms with E-state index in [2.05, 4.69) is 32.2 Å². The third kappa shape index (κ3) is 3.37. The Hall–Kier alpha value is -2.48. The lowest BCUT2D eigenvalue weighted by molar-refractivity contribution is 0.0286. The standard InChI is InChI=1S/C21H24N4O3/c26-14-15-2-1-3-17(8-15)18-9-19-21(23-28-22-19)20(10-18)25-12-16(13-25)11-24-4-6-27-7-5-24/h1-3,8-10,16,26H,4-7,11-14H2. The second-order valence-electron chi connectivity index (χ2n) is 7.67. The highest BCUT2D eigenvalue weighted by atomic mass is 16.6. The number of hydrogen-bond donors (Lipinski definition) is 1. The number of nitrogens with zero attached hydrogens (tertiary/aromatic N) is 4. The summed E-state index contributed by atoms with van der Waals surface area (Å²) < 4.78 is 10.5. The van der Waals surface area contributed by atoms with Gasteiger partial charge in [0, 0.05) is 38.6 Å². The Morgan fingerprint density at radius 3 is 2.71 bits per heavy atom. The highest BCUT2D eigenvalue weighted by molar-refractivity contribution is 5.93. The number of ether oxygens (including phenoxy) is 1. The second-order valence-corrected chi connectivity index (χ2v) is 7.67. The minimum Gasteiger partial charge on any atom is -0.392 e. The molecule has 0 spiro atoms. The van der Waals surface area contributed by atoms with Crippen molar-refractivity contribution >= 4 is 16.7 Å². The first-order valence-electron chi connectivity index (χ1n) is 9.82. The Bertz CT molecular complexity index is 961. The molecule has 7 nitrogen and oxygen atoms in total. The summed E-state index contributed by atoms with van der Waals surface area (Å²) in [6.45, 7) is 6.93. The fourth-order valence-corrected chi connectivity index (χ4v) is 4.16. The zero-order valence-electron chi connectivity index (χ0n) is 15.8. The number of hydrogen-bond acceptors (Lipinski definition) is 7. The van der Waals surface area contributed by atoms with Crippen molar-refractivity contribution in [3.05, 3.63) is 42.0 Å². The number of anilines is 1. The van der Waals surface area contributed by atoms with Crippen LogP contribution in [0.5, 0.6) is 0 Å². The summed E-state index contributed by atoms with van der Waals surface area (Å²) in [4.78, 5) is 4.85. The van der Waals surface area contributed by atoms with Crippen molar-refractivity contribution < 1.29 is 14.5 Å². The van der Waals surface area contributed by atoms with E-state index >= 15 is 0 Å². The van der Waals surface area contributed by atoms with E-state index in [1.54, 1.807) is 0 Å². The number of benzene rings is 2. The Morgan fingerprint density at radius 2 is 1.89 bits per heavy atom. The van der Waals surface area contributed by atoms with Crippen molar-refractivity contribution in [2.24, 2.45) is 5.92 Å². The minimum absolute atomic E-state index is 0.0315. The van der Waals surface area contributed by atoms with Crippen LogP contribution in [-0.4, -0.2) is 66.3 Å². The van der Waals surface area contributed by atoms with Crippen LogP contribution in [0.2, 0.25) is 0 Å². The largest absolute Gasteiger partial charge is 0.392 e. The normalized spacial score (nSPS) is 18.5. The second kappa shape index (κ2) is 7.50. The van der Waals surface area contributed by atoms with Crippen LogP contribution in [0.4, 0.5) is 5.69 Å². The number of rotatable bonds is 5. The molecule has 2 aliphatic heterocycles. The van der Waals surface area contributed by atoms with Gasteiger partial charge in [0.15, 0.2) is 5.52 Å². The van der Waals surface area contributed by atoms with E-state index in [1.165, 1.54) is 0 Å². The maximum atomic E-state index is 9.44. The molecule has 0 radical (unpaired) electrons. The molecule has 2 aromatic carbocycles. The van der Waals surface area contributed by atoms with Gasteiger partial charge in [-0.15, -0.1) is 0 Å². The Balaban J connectivity index is 1.38. The van der Waals surface area contributed by atoms with Crippen LogP contribution < -0.4 is 4.90 Å². The Labute approximate surface area is 163 Å². The minimum atomic E-state index is 0.0315. The van der Waals surface area contributed by atoms with Crippen molar-refractivity contribution in [1.29, 1.82) is 0 Å². The van der Waals surface area contributed by atoms with Crippen LogP contribution in [0.3, 0.4) is 0 Å². The topological polar surface area (TPSA) is 74.9 Å². The lowest BCUT2D eigenvalue weighted by atomic mass is 9.96. The highest BCUT2D eigenvalue weighted by Crippen LogP contribution is 2.35. The summed E-state index contributed by atoms with van der Waals surface area (Å²) in [7, 11) is 0.